The van der Waals surface area contributed by atoms with Gasteiger partial charge in [0.05, 0.1) is 11.2 Å². The number of nitrogens with zero attached hydrogens (tertiary/aromatic N) is 4. The van der Waals surface area contributed by atoms with E-state index in [1.54, 1.807) is 0 Å². The number of hydrogen-bond acceptors (Lipinski definition) is 5. The maximum Gasteiger partial charge on any atom is 0.162 e. The zero-order valence-corrected chi connectivity index (χ0v) is 15.6. The van der Waals surface area contributed by atoms with Crippen molar-refractivity contribution >= 4 is 16.7 Å². The maximum atomic E-state index is 5.09. The van der Waals surface area contributed by atoms with Crippen molar-refractivity contribution in [1.82, 2.24) is 25.5 Å². The molecule has 5 rings (SSSR count). The van der Waals surface area contributed by atoms with Crippen molar-refractivity contribution in [2.24, 2.45) is 0 Å². The van der Waals surface area contributed by atoms with Gasteiger partial charge in [0.25, 0.3) is 0 Å². The van der Waals surface area contributed by atoms with Crippen LogP contribution in [0.3, 0.4) is 0 Å². The summed E-state index contributed by atoms with van der Waals surface area (Å²) in [4.78, 5) is 12.5. The van der Waals surface area contributed by atoms with Gasteiger partial charge in [-0.2, -0.15) is 5.10 Å². The second-order valence-electron chi connectivity index (χ2n) is 7.55. The third-order valence-electron chi connectivity index (χ3n) is 5.84. The average molecular weight is 348 g/mol. The topological polar surface area (TPSA) is 69.7 Å². The molecule has 1 unspecified atom stereocenters. The molecule has 4 heterocycles. The summed E-state index contributed by atoms with van der Waals surface area (Å²) in [6.45, 7) is 9.41. The van der Waals surface area contributed by atoms with Crippen LogP contribution < -0.4 is 10.2 Å². The Morgan fingerprint density at radius 2 is 2.08 bits per heavy atom. The largest absolute Gasteiger partial charge is 0.353 e. The predicted octanol–water partition coefficient (Wildman–Crippen LogP) is 2.88. The number of anilines is 1. The first kappa shape index (κ1) is 15.8. The lowest BCUT2D eigenvalue weighted by Gasteiger charge is -2.41. The van der Waals surface area contributed by atoms with Crippen LogP contribution in [0.1, 0.15) is 35.9 Å². The highest BCUT2D eigenvalue weighted by Crippen LogP contribution is 2.36. The van der Waals surface area contributed by atoms with Gasteiger partial charge in [-0.05, 0) is 38.8 Å². The first-order chi connectivity index (χ1) is 12.6. The number of nitrogens with one attached hydrogen (secondary N) is 2. The van der Waals surface area contributed by atoms with Crippen LogP contribution in [0.15, 0.2) is 12.1 Å². The summed E-state index contributed by atoms with van der Waals surface area (Å²) in [5.74, 6) is 1.96. The van der Waals surface area contributed by atoms with Crippen LogP contribution in [-0.4, -0.2) is 39.3 Å². The molecule has 0 radical (unpaired) electrons. The van der Waals surface area contributed by atoms with Gasteiger partial charge < -0.3 is 10.2 Å². The van der Waals surface area contributed by atoms with Gasteiger partial charge in [-0.1, -0.05) is 6.07 Å². The third kappa shape index (κ3) is 2.25. The summed E-state index contributed by atoms with van der Waals surface area (Å²) in [7, 11) is 0. The van der Waals surface area contributed by atoms with E-state index >= 15 is 0 Å². The van der Waals surface area contributed by atoms with Gasteiger partial charge in [0, 0.05) is 54.3 Å². The van der Waals surface area contributed by atoms with E-state index in [9.17, 15) is 0 Å². The van der Waals surface area contributed by atoms with Crippen molar-refractivity contribution in [3.8, 4) is 11.4 Å². The summed E-state index contributed by atoms with van der Waals surface area (Å²) < 4.78 is 0. The van der Waals surface area contributed by atoms with Gasteiger partial charge in [-0.25, -0.2) is 9.97 Å². The van der Waals surface area contributed by atoms with Crippen molar-refractivity contribution in [2.45, 2.75) is 46.2 Å². The Balaban J connectivity index is 1.77. The quantitative estimate of drug-likeness (QED) is 0.745. The molecular weight excluding hydrogens is 324 g/mol. The molecule has 0 aliphatic carbocycles. The molecule has 1 fully saturated rings. The number of rotatable bonds is 2. The number of benzene rings is 1. The minimum absolute atomic E-state index is 0.552. The van der Waals surface area contributed by atoms with E-state index < -0.39 is 0 Å². The SMILES string of the molecule is Cc1ccc2n[nH]c(C)c2c1-c1nc2c(c(N3CCC3C)n1)CNCC2. The molecule has 26 heavy (non-hydrogen) atoms. The summed E-state index contributed by atoms with van der Waals surface area (Å²) in [5.41, 5.74) is 6.83. The minimum Gasteiger partial charge on any atom is -0.353 e. The molecule has 2 aliphatic rings. The molecule has 6 heteroatoms. The molecule has 2 N–H and O–H groups in total. The molecule has 0 amide bonds. The molecule has 0 saturated carbocycles. The summed E-state index contributed by atoms with van der Waals surface area (Å²) in [6, 6.07) is 4.74. The molecule has 0 bridgehead atoms. The highest BCUT2D eigenvalue weighted by molar-refractivity contribution is 5.96. The van der Waals surface area contributed by atoms with Crippen LogP contribution in [0, 0.1) is 13.8 Å². The highest BCUT2D eigenvalue weighted by atomic mass is 15.3. The Morgan fingerprint density at radius 3 is 2.85 bits per heavy atom. The van der Waals surface area contributed by atoms with E-state index in [0.717, 1.165) is 59.9 Å². The monoisotopic (exact) mass is 348 g/mol. The second-order valence-corrected chi connectivity index (χ2v) is 7.55. The summed E-state index contributed by atoms with van der Waals surface area (Å²) >= 11 is 0. The van der Waals surface area contributed by atoms with Gasteiger partial charge in [0.1, 0.15) is 5.82 Å². The van der Waals surface area contributed by atoms with E-state index in [2.05, 4.69) is 53.3 Å². The van der Waals surface area contributed by atoms with Crippen molar-refractivity contribution < 1.29 is 0 Å². The Kier molecular flexibility index (Phi) is 3.50. The molecule has 0 spiro atoms. The van der Waals surface area contributed by atoms with E-state index in [1.165, 1.54) is 23.2 Å². The number of aryl methyl sites for hydroxylation is 2. The van der Waals surface area contributed by atoms with Crippen LogP contribution in [0.25, 0.3) is 22.3 Å². The molecule has 6 nitrogen and oxygen atoms in total. The Labute approximate surface area is 153 Å². The fourth-order valence-corrected chi connectivity index (χ4v) is 4.16. The molecule has 1 aromatic carbocycles. The van der Waals surface area contributed by atoms with E-state index in [0.29, 0.717) is 6.04 Å². The van der Waals surface area contributed by atoms with Crippen LogP contribution in [0.4, 0.5) is 5.82 Å². The van der Waals surface area contributed by atoms with Crippen LogP contribution >= 0.6 is 0 Å². The fourth-order valence-electron chi connectivity index (χ4n) is 4.16. The molecule has 1 atom stereocenters. The average Bonchev–Trinajstić information content (AvgIpc) is 3.01. The minimum atomic E-state index is 0.552. The number of aromatic amines is 1. The second kappa shape index (κ2) is 5.77. The molecule has 134 valence electrons. The van der Waals surface area contributed by atoms with Gasteiger partial charge in [0.15, 0.2) is 5.82 Å². The van der Waals surface area contributed by atoms with Gasteiger partial charge in [-0.3, -0.25) is 5.10 Å². The smallest absolute Gasteiger partial charge is 0.162 e. The van der Waals surface area contributed by atoms with Crippen LogP contribution in [0.5, 0.6) is 0 Å². The number of aromatic nitrogens is 4. The normalized spacial score (nSPS) is 19.5. The van der Waals surface area contributed by atoms with Crippen LogP contribution in [0.2, 0.25) is 0 Å². The van der Waals surface area contributed by atoms with Crippen molar-refractivity contribution in [3.05, 3.63) is 34.6 Å². The van der Waals surface area contributed by atoms with E-state index in [-0.39, 0.29) is 0 Å². The van der Waals surface area contributed by atoms with Crippen molar-refractivity contribution in [1.29, 1.82) is 0 Å². The lowest BCUT2D eigenvalue weighted by atomic mass is 9.99. The first-order valence-corrected chi connectivity index (χ1v) is 9.45. The third-order valence-corrected chi connectivity index (χ3v) is 5.84. The van der Waals surface area contributed by atoms with Crippen molar-refractivity contribution in [2.75, 3.05) is 18.0 Å². The van der Waals surface area contributed by atoms with Crippen LogP contribution in [-0.2, 0) is 13.0 Å². The highest BCUT2D eigenvalue weighted by Gasteiger charge is 2.30. The molecule has 3 aromatic rings. The number of fused-ring (bicyclic) bond motifs is 2. The van der Waals surface area contributed by atoms with Gasteiger partial charge in [0.2, 0.25) is 0 Å². The molecule has 2 aliphatic heterocycles. The number of hydrogen-bond donors (Lipinski definition) is 2. The van der Waals surface area contributed by atoms with Gasteiger partial charge in [-0.15, -0.1) is 0 Å². The van der Waals surface area contributed by atoms with E-state index in [1.807, 2.05) is 0 Å². The Bertz CT molecular complexity index is 1010. The molecule has 1 saturated heterocycles. The number of H-pyrrole nitrogens is 1. The van der Waals surface area contributed by atoms with E-state index in [4.69, 9.17) is 9.97 Å². The Hall–Kier alpha value is -2.47. The lowest BCUT2D eigenvalue weighted by Crippen LogP contribution is -2.47. The zero-order chi connectivity index (χ0) is 17.8. The predicted molar refractivity (Wildman–Crippen MR) is 103 cm³/mol. The first-order valence-electron chi connectivity index (χ1n) is 9.45. The molecular formula is C20H24N6. The summed E-state index contributed by atoms with van der Waals surface area (Å²) in [6.07, 6.45) is 2.19. The maximum absolute atomic E-state index is 5.09. The Morgan fingerprint density at radius 1 is 1.19 bits per heavy atom. The lowest BCUT2D eigenvalue weighted by molar-refractivity contribution is 0.471. The molecule has 2 aromatic heterocycles. The summed E-state index contributed by atoms with van der Waals surface area (Å²) in [5, 5.41) is 12.2. The zero-order valence-electron chi connectivity index (χ0n) is 15.6. The van der Waals surface area contributed by atoms with Gasteiger partial charge >= 0.3 is 0 Å². The standard InChI is InChI=1S/C20H24N6/c1-11-4-5-16-18(13(3)24-25-16)17(11)19-22-15-6-8-21-10-14(15)20(23-19)26-9-7-12(26)2/h4-5,12,21H,6-10H2,1-3H3,(H,24,25). The fraction of sp³-hybridized carbons (Fsp3) is 0.450. The van der Waals surface area contributed by atoms with Crippen molar-refractivity contribution in [3.63, 3.8) is 0 Å².